The molecule has 0 saturated heterocycles. The summed E-state index contributed by atoms with van der Waals surface area (Å²) >= 11 is 0. The lowest BCUT2D eigenvalue weighted by molar-refractivity contribution is 0.0925. The van der Waals surface area contributed by atoms with Crippen molar-refractivity contribution in [1.29, 1.82) is 0 Å². The number of aryl methyl sites for hydroxylation is 1. The molecule has 15 heavy (non-hydrogen) atoms. The molecular weight excluding hydrogens is 190 g/mol. The highest BCUT2D eigenvalue weighted by atomic mass is 16.3. The van der Waals surface area contributed by atoms with Crippen molar-refractivity contribution in [2.45, 2.75) is 12.5 Å². The number of ketones is 1. The maximum Gasteiger partial charge on any atom is 0.182 e. The van der Waals surface area contributed by atoms with E-state index in [2.05, 4.69) is 0 Å². The summed E-state index contributed by atoms with van der Waals surface area (Å²) in [5.41, 5.74) is 2.48. The van der Waals surface area contributed by atoms with Crippen molar-refractivity contribution in [2.75, 3.05) is 0 Å². The summed E-state index contributed by atoms with van der Waals surface area (Å²) < 4.78 is 1.88. The minimum Gasteiger partial charge on any atom is -0.388 e. The average Bonchev–Trinajstić information content (AvgIpc) is 2.68. The number of hydrogen-bond donors (Lipinski definition) is 1. The highest BCUT2D eigenvalue weighted by Crippen LogP contribution is 2.38. The number of para-hydroxylation sites is 1. The predicted octanol–water partition coefficient (Wildman–Crippen LogP) is 1.80. The highest BCUT2D eigenvalue weighted by Gasteiger charge is 2.33. The van der Waals surface area contributed by atoms with Gasteiger partial charge in [0.1, 0.15) is 0 Å². The first-order chi connectivity index (χ1) is 7.20. The third-order valence-electron chi connectivity index (χ3n) is 3.12. The Kier molecular flexibility index (Phi) is 1.56. The van der Waals surface area contributed by atoms with E-state index in [1.807, 2.05) is 35.9 Å². The fourth-order valence-electron chi connectivity index (χ4n) is 2.47. The summed E-state index contributed by atoms with van der Waals surface area (Å²) in [5, 5.41) is 10.8. The van der Waals surface area contributed by atoms with Crippen LogP contribution in [-0.4, -0.2) is 15.5 Å². The monoisotopic (exact) mass is 201 g/mol. The summed E-state index contributed by atoms with van der Waals surface area (Å²) in [6, 6.07) is 7.79. The van der Waals surface area contributed by atoms with Crippen LogP contribution in [0.25, 0.3) is 10.9 Å². The van der Waals surface area contributed by atoms with Gasteiger partial charge in [0.15, 0.2) is 5.78 Å². The minimum absolute atomic E-state index is 0.0381. The van der Waals surface area contributed by atoms with Crippen molar-refractivity contribution in [2.24, 2.45) is 7.05 Å². The average molecular weight is 201 g/mol. The molecule has 0 bridgehead atoms. The first kappa shape index (κ1) is 8.68. The second kappa shape index (κ2) is 2.70. The van der Waals surface area contributed by atoms with Crippen LogP contribution in [0.2, 0.25) is 0 Å². The van der Waals surface area contributed by atoms with Crippen LogP contribution in [0.4, 0.5) is 0 Å². The van der Waals surface area contributed by atoms with Crippen LogP contribution in [-0.2, 0) is 7.05 Å². The van der Waals surface area contributed by atoms with Crippen LogP contribution in [0.3, 0.4) is 0 Å². The van der Waals surface area contributed by atoms with Crippen molar-refractivity contribution in [3.05, 3.63) is 35.5 Å². The fraction of sp³-hybridized carbons (Fsp3) is 0.250. The number of rotatable bonds is 0. The van der Waals surface area contributed by atoms with Crippen LogP contribution in [0, 0.1) is 0 Å². The van der Waals surface area contributed by atoms with E-state index in [0.29, 0.717) is 5.69 Å². The summed E-state index contributed by atoms with van der Waals surface area (Å²) in [7, 11) is 1.87. The molecule has 76 valence electrons. The quantitative estimate of drug-likeness (QED) is 0.706. The maximum atomic E-state index is 11.7. The number of aliphatic hydroxyl groups is 1. The molecule has 0 aliphatic heterocycles. The summed E-state index contributed by atoms with van der Waals surface area (Å²) in [5.74, 6) is 0.0381. The van der Waals surface area contributed by atoms with Gasteiger partial charge in [-0.3, -0.25) is 4.79 Å². The van der Waals surface area contributed by atoms with Gasteiger partial charge >= 0.3 is 0 Å². The van der Waals surface area contributed by atoms with E-state index in [1.165, 1.54) is 0 Å². The van der Waals surface area contributed by atoms with Gasteiger partial charge in [0.2, 0.25) is 0 Å². The van der Waals surface area contributed by atoms with Crippen LogP contribution in [0.5, 0.6) is 0 Å². The Morgan fingerprint density at radius 2 is 2.13 bits per heavy atom. The Hall–Kier alpha value is -1.61. The van der Waals surface area contributed by atoms with E-state index < -0.39 is 6.10 Å². The van der Waals surface area contributed by atoms with E-state index in [0.717, 1.165) is 16.5 Å². The van der Waals surface area contributed by atoms with Gasteiger partial charge in [-0.2, -0.15) is 0 Å². The Morgan fingerprint density at radius 1 is 1.40 bits per heavy atom. The molecule has 0 fully saturated rings. The number of hydrogen-bond acceptors (Lipinski definition) is 2. The molecule has 3 nitrogen and oxygen atoms in total. The first-order valence-electron chi connectivity index (χ1n) is 4.98. The first-order valence-corrected chi connectivity index (χ1v) is 4.98. The SMILES string of the molecule is Cn1c2c(c3ccccc31)C(O)CC2=O. The van der Waals surface area contributed by atoms with Crippen LogP contribution in [0.1, 0.15) is 28.6 Å². The molecule has 1 aliphatic rings. The summed E-state index contributed by atoms with van der Waals surface area (Å²) in [4.78, 5) is 11.7. The molecule has 1 atom stereocenters. The molecule has 3 rings (SSSR count). The molecule has 1 aromatic carbocycles. The van der Waals surface area contributed by atoms with E-state index in [-0.39, 0.29) is 12.2 Å². The molecule has 0 amide bonds. The lowest BCUT2D eigenvalue weighted by Crippen LogP contribution is -2.01. The van der Waals surface area contributed by atoms with E-state index in [1.54, 1.807) is 0 Å². The number of benzene rings is 1. The molecule has 1 aliphatic carbocycles. The van der Waals surface area contributed by atoms with Crippen molar-refractivity contribution >= 4 is 16.7 Å². The zero-order valence-corrected chi connectivity index (χ0v) is 8.40. The molecule has 1 aromatic heterocycles. The number of fused-ring (bicyclic) bond motifs is 3. The Labute approximate surface area is 86.9 Å². The zero-order valence-electron chi connectivity index (χ0n) is 8.40. The normalized spacial score (nSPS) is 19.9. The lowest BCUT2D eigenvalue weighted by Gasteiger charge is -2.00. The van der Waals surface area contributed by atoms with Gasteiger partial charge in [0.05, 0.1) is 11.8 Å². The van der Waals surface area contributed by atoms with Crippen LogP contribution >= 0.6 is 0 Å². The van der Waals surface area contributed by atoms with Gasteiger partial charge in [-0.05, 0) is 6.07 Å². The van der Waals surface area contributed by atoms with Gasteiger partial charge in [0.25, 0.3) is 0 Å². The van der Waals surface area contributed by atoms with Gasteiger partial charge in [-0.1, -0.05) is 18.2 Å². The molecule has 0 spiro atoms. The van der Waals surface area contributed by atoms with E-state index in [4.69, 9.17) is 0 Å². The minimum atomic E-state index is -0.626. The summed E-state index contributed by atoms with van der Waals surface area (Å²) in [6.45, 7) is 0. The second-order valence-electron chi connectivity index (χ2n) is 3.98. The van der Waals surface area contributed by atoms with Crippen LogP contribution < -0.4 is 0 Å². The van der Waals surface area contributed by atoms with E-state index >= 15 is 0 Å². The van der Waals surface area contributed by atoms with Crippen molar-refractivity contribution < 1.29 is 9.90 Å². The molecule has 0 saturated carbocycles. The maximum absolute atomic E-state index is 11.7. The molecule has 1 N–H and O–H groups in total. The third-order valence-corrected chi connectivity index (χ3v) is 3.12. The molecule has 1 heterocycles. The van der Waals surface area contributed by atoms with Gasteiger partial charge in [0, 0.05) is 29.9 Å². The lowest BCUT2D eigenvalue weighted by atomic mass is 10.1. The predicted molar refractivity (Wildman–Crippen MR) is 56.8 cm³/mol. The Balaban J connectivity index is 2.50. The molecule has 3 heteroatoms. The topological polar surface area (TPSA) is 42.2 Å². The van der Waals surface area contributed by atoms with Gasteiger partial charge < -0.3 is 9.67 Å². The molecule has 2 aromatic rings. The zero-order chi connectivity index (χ0) is 10.6. The van der Waals surface area contributed by atoms with Crippen LogP contribution in [0.15, 0.2) is 24.3 Å². The van der Waals surface area contributed by atoms with Crippen molar-refractivity contribution in [3.63, 3.8) is 0 Å². The Morgan fingerprint density at radius 3 is 2.93 bits per heavy atom. The van der Waals surface area contributed by atoms with Gasteiger partial charge in [-0.25, -0.2) is 0 Å². The number of nitrogens with zero attached hydrogens (tertiary/aromatic N) is 1. The van der Waals surface area contributed by atoms with Crippen molar-refractivity contribution in [1.82, 2.24) is 4.57 Å². The summed E-state index contributed by atoms with van der Waals surface area (Å²) in [6.07, 6.45) is -0.401. The number of aliphatic hydroxyl groups excluding tert-OH is 1. The van der Waals surface area contributed by atoms with E-state index in [9.17, 15) is 9.90 Å². The number of carbonyl (C=O) groups is 1. The number of carbonyl (C=O) groups excluding carboxylic acids is 1. The molecule has 0 radical (unpaired) electrons. The van der Waals surface area contributed by atoms with Crippen molar-refractivity contribution in [3.8, 4) is 0 Å². The smallest absolute Gasteiger partial charge is 0.182 e. The van der Waals surface area contributed by atoms with Gasteiger partial charge in [-0.15, -0.1) is 0 Å². The second-order valence-corrected chi connectivity index (χ2v) is 3.98. The number of aromatic nitrogens is 1. The Bertz CT molecular complexity index is 568. The standard InChI is InChI=1S/C12H11NO2/c1-13-8-5-3-2-4-7(8)11-9(14)6-10(15)12(11)13/h2-5,9,14H,6H2,1H3. The fourth-order valence-corrected chi connectivity index (χ4v) is 2.47. The number of Topliss-reactive ketones (excluding diaryl/α,β-unsaturated/α-hetero) is 1. The third kappa shape index (κ3) is 0.957. The highest BCUT2D eigenvalue weighted by molar-refractivity contribution is 6.06. The molecular formula is C12H11NO2. The largest absolute Gasteiger partial charge is 0.388 e. The molecule has 1 unspecified atom stereocenters.